The highest BCUT2D eigenvalue weighted by Gasteiger charge is 1.95. The van der Waals surface area contributed by atoms with Crippen molar-refractivity contribution in [2.24, 2.45) is 0 Å². The Balaban J connectivity index is 2.00. The number of hydrogen-bond acceptors (Lipinski definition) is 1. The Hall–Kier alpha value is 0.310. The molecule has 47 valence electrons. The van der Waals surface area contributed by atoms with Crippen LogP contribution in [0.5, 0.6) is 0 Å². The molecular weight excluding hydrogens is 118 g/mol. The zero-order valence-corrected chi connectivity index (χ0v) is 5.91. The van der Waals surface area contributed by atoms with Gasteiger partial charge in [0.05, 0.1) is 5.88 Å². The molecule has 0 bridgehead atoms. The van der Waals surface area contributed by atoms with Crippen LogP contribution in [0.1, 0.15) is 19.3 Å². The zero-order valence-electron chi connectivity index (χ0n) is 5.10. The smallest absolute Gasteiger partial charge is 0.0590 e. The van der Waals surface area contributed by atoms with Crippen LogP contribution in [0, 0.1) is 0 Å². The maximum atomic E-state index is 4.29. The van der Waals surface area contributed by atoms with E-state index in [1.165, 1.54) is 25.0 Å². The van der Waals surface area contributed by atoms with Crippen molar-refractivity contribution in [1.82, 2.24) is 5.32 Å². The monoisotopic (exact) mass is 130 g/mol. The molecule has 0 amide bonds. The third kappa shape index (κ3) is 2.58. The fourth-order valence-electron chi connectivity index (χ4n) is 0.798. The van der Waals surface area contributed by atoms with Gasteiger partial charge in [-0.05, 0) is 18.6 Å². The molecule has 1 heterocycles. The molecule has 0 aromatic rings. The molecule has 1 aliphatic rings. The lowest BCUT2D eigenvalue weighted by molar-refractivity contribution is 0.644. The SMILES string of the molecule is C1CC[N]CSCC1. The molecule has 0 aliphatic carbocycles. The summed E-state index contributed by atoms with van der Waals surface area (Å²) < 4.78 is 0. The molecule has 8 heavy (non-hydrogen) atoms. The number of hydrogen-bond donors (Lipinski definition) is 0. The summed E-state index contributed by atoms with van der Waals surface area (Å²) in [6.07, 6.45) is 4.11. The van der Waals surface area contributed by atoms with Crippen molar-refractivity contribution < 1.29 is 0 Å². The Morgan fingerprint density at radius 1 is 1.12 bits per heavy atom. The lowest BCUT2D eigenvalue weighted by atomic mass is 10.2. The molecule has 1 nitrogen and oxygen atoms in total. The summed E-state index contributed by atoms with van der Waals surface area (Å²) in [7, 11) is 0. The van der Waals surface area contributed by atoms with Crippen LogP contribution in [-0.4, -0.2) is 18.2 Å². The maximum Gasteiger partial charge on any atom is 0.0590 e. The molecule has 0 aromatic heterocycles. The predicted octanol–water partition coefficient (Wildman–Crippen LogP) is 1.47. The summed E-state index contributed by atoms with van der Waals surface area (Å²) >= 11 is 1.96. The predicted molar refractivity (Wildman–Crippen MR) is 38.2 cm³/mol. The topological polar surface area (TPSA) is 14.1 Å². The minimum Gasteiger partial charge on any atom is -0.231 e. The molecule has 0 saturated carbocycles. The first-order valence-corrected chi connectivity index (χ1v) is 4.36. The van der Waals surface area contributed by atoms with Crippen LogP contribution in [0.2, 0.25) is 0 Å². The number of rotatable bonds is 0. The van der Waals surface area contributed by atoms with E-state index in [-0.39, 0.29) is 0 Å². The van der Waals surface area contributed by atoms with Crippen molar-refractivity contribution in [3.63, 3.8) is 0 Å². The molecular formula is C6H12NS. The van der Waals surface area contributed by atoms with Crippen molar-refractivity contribution in [2.45, 2.75) is 19.3 Å². The van der Waals surface area contributed by atoms with Crippen molar-refractivity contribution in [3.8, 4) is 0 Å². The average molecular weight is 130 g/mol. The van der Waals surface area contributed by atoms with E-state index in [4.69, 9.17) is 0 Å². The summed E-state index contributed by atoms with van der Waals surface area (Å²) in [6.45, 7) is 1.10. The van der Waals surface area contributed by atoms with Gasteiger partial charge in [-0.3, -0.25) is 0 Å². The van der Waals surface area contributed by atoms with Gasteiger partial charge in [-0.2, -0.15) is 0 Å². The van der Waals surface area contributed by atoms with Gasteiger partial charge in [0, 0.05) is 6.54 Å². The van der Waals surface area contributed by atoms with Crippen molar-refractivity contribution in [1.29, 1.82) is 0 Å². The number of thioether (sulfide) groups is 1. The van der Waals surface area contributed by atoms with Crippen molar-refractivity contribution in [2.75, 3.05) is 18.2 Å². The molecule has 1 rings (SSSR count). The normalized spacial score (nSPS) is 24.0. The van der Waals surface area contributed by atoms with E-state index in [1.807, 2.05) is 11.8 Å². The summed E-state index contributed by atoms with van der Waals surface area (Å²) in [5.74, 6) is 2.36. The highest BCUT2D eigenvalue weighted by Crippen LogP contribution is 2.07. The summed E-state index contributed by atoms with van der Waals surface area (Å²) in [4.78, 5) is 0. The third-order valence-corrected chi connectivity index (χ3v) is 2.23. The van der Waals surface area contributed by atoms with Gasteiger partial charge in [0.2, 0.25) is 0 Å². The third-order valence-electron chi connectivity index (χ3n) is 1.29. The summed E-state index contributed by atoms with van der Waals surface area (Å²) in [6, 6.07) is 0. The van der Waals surface area contributed by atoms with Crippen LogP contribution in [0.25, 0.3) is 0 Å². The Kier molecular flexibility index (Phi) is 3.39. The Morgan fingerprint density at radius 3 is 3.12 bits per heavy atom. The average Bonchev–Trinajstić information content (AvgIpc) is 1.62. The lowest BCUT2D eigenvalue weighted by Gasteiger charge is -2.06. The van der Waals surface area contributed by atoms with E-state index in [1.54, 1.807) is 0 Å². The van der Waals surface area contributed by atoms with Crippen molar-refractivity contribution in [3.05, 3.63) is 0 Å². The first kappa shape index (κ1) is 6.43. The molecule has 0 spiro atoms. The lowest BCUT2D eigenvalue weighted by Crippen LogP contribution is -2.08. The largest absolute Gasteiger partial charge is 0.231 e. The molecule has 1 fully saturated rings. The van der Waals surface area contributed by atoms with Gasteiger partial charge in [0.25, 0.3) is 0 Å². The minimum atomic E-state index is 1.04. The maximum absolute atomic E-state index is 4.29. The van der Waals surface area contributed by atoms with Gasteiger partial charge in [0.1, 0.15) is 0 Å². The van der Waals surface area contributed by atoms with Crippen LogP contribution in [0.3, 0.4) is 0 Å². The second kappa shape index (κ2) is 4.21. The van der Waals surface area contributed by atoms with E-state index in [0.29, 0.717) is 0 Å². The van der Waals surface area contributed by atoms with Gasteiger partial charge in [-0.15, -0.1) is 11.8 Å². The molecule has 0 N–H and O–H groups in total. The second-order valence-corrected chi connectivity index (χ2v) is 3.12. The van der Waals surface area contributed by atoms with Gasteiger partial charge < -0.3 is 0 Å². The van der Waals surface area contributed by atoms with Crippen LogP contribution in [0.15, 0.2) is 0 Å². The van der Waals surface area contributed by atoms with E-state index in [2.05, 4.69) is 5.32 Å². The Bertz CT molecular complexity index is 32.5. The Morgan fingerprint density at radius 2 is 2.12 bits per heavy atom. The summed E-state index contributed by atoms with van der Waals surface area (Å²) in [5.41, 5.74) is 0. The molecule has 2 heteroatoms. The fourth-order valence-corrected chi connectivity index (χ4v) is 1.59. The number of nitrogens with zero attached hydrogens (tertiary/aromatic N) is 1. The van der Waals surface area contributed by atoms with Crippen LogP contribution < -0.4 is 5.32 Å². The van der Waals surface area contributed by atoms with Gasteiger partial charge in [0.15, 0.2) is 0 Å². The Labute approximate surface area is 55.2 Å². The molecule has 0 aromatic carbocycles. The highest BCUT2D eigenvalue weighted by molar-refractivity contribution is 7.99. The van der Waals surface area contributed by atoms with E-state index in [9.17, 15) is 0 Å². The molecule has 0 unspecified atom stereocenters. The van der Waals surface area contributed by atoms with Gasteiger partial charge in [-0.25, -0.2) is 5.32 Å². The van der Waals surface area contributed by atoms with Gasteiger partial charge in [-0.1, -0.05) is 6.42 Å². The fraction of sp³-hybridized carbons (Fsp3) is 1.00. The van der Waals surface area contributed by atoms with Crippen LogP contribution in [0.4, 0.5) is 0 Å². The molecule has 0 atom stereocenters. The standard InChI is InChI=1S/C6H12NS/c1-2-4-7-6-8-5-3-1/h1-6H2. The molecule has 1 aliphatic heterocycles. The highest BCUT2D eigenvalue weighted by atomic mass is 32.2. The first-order chi connectivity index (χ1) is 4.00. The minimum absolute atomic E-state index is 1.04. The van der Waals surface area contributed by atoms with Crippen LogP contribution in [-0.2, 0) is 0 Å². The quantitative estimate of drug-likeness (QED) is 0.484. The first-order valence-electron chi connectivity index (χ1n) is 3.21. The van der Waals surface area contributed by atoms with E-state index >= 15 is 0 Å². The molecule has 1 radical (unpaired) electrons. The van der Waals surface area contributed by atoms with E-state index < -0.39 is 0 Å². The summed E-state index contributed by atoms with van der Waals surface area (Å²) in [5, 5.41) is 4.29. The van der Waals surface area contributed by atoms with Gasteiger partial charge >= 0.3 is 0 Å². The van der Waals surface area contributed by atoms with E-state index in [0.717, 1.165) is 12.4 Å². The van der Waals surface area contributed by atoms with Crippen LogP contribution >= 0.6 is 11.8 Å². The molecule has 1 saturated heterocycles. The van der Waals surface area contributed by atoms with Crippen molar-refractivity contribution >= 4 is 11.8 Å². The second-order valence-electron chi connectivity index (χ2n) is 2.05. The zero-order chi connectivity index (χ0) is 5.66.